The van der Waals surface area contributed by atoms with Crippen LogP contribution in [0.25, 0.3) is 0 Å². The lowest BCUT2D eigenvalue weighted by Crippen LogP contribution is -2.42. The lowest BCUT2D eigenvalue weighted by Gasteiger charge is -2.28. The highest BCUT2D eigenvalue weighted by Crippen LogP contribution is 2.42. The standard InChI is InChI=1S/C17H32N2O2/c1-6-13(7-2)18-11-12-10-14-8-9-15(12)19(14)16(20)21-17(3,4)5/h12-15,18H,6-11H2,1-5H3. The molecule has 4 nitrogen and oxygen atoms in total. The number of hydrogen-bond acceptors (Lipinski definition) is 3. The topological polar surface area (TPSA) is 41.6 Å². The van der Waals surface area contributed by atoms with Crippen LogP contribution in [0.4, 0.5) is 4.79 Å². The van der Waals surface area contributed by atoms with Gasteiger partial charge in [-0.15, -0.1) is 0 Å². The maximum absolute atomic E-state index is 12.4. The minimum absolute atomic E-state index is 0.111. The number of rotatable bonds is 5. The highest BCUT2D eigenvalue weighted by atomic mass is 16.6. The van der Waals surface area contributed by atoms with Crippen LogP contribution in [0.3, 0.4) is 0 Å². The SMILES string of the molecule is CCC(CC)NCC1CC2CCC1N2C(=O)OC(C)(C)C. The molecule has 0 aliphatic carbocycles. The number of carbonyl (C=O) groups excluding carboxylic acids is 1. The summed E-state index contributed by atoms with van der Waals surface area (Å²) in [6.07, 6.45) is 5.65. The van der Waals surface area contributed by atoms with E-state index >= 15 is 0 Å². The summed E-state index contributed by atoms with van der Waals surface area (Å²) in [7, 11) is 0. The molecule has 122 valence electrons. The van der Waals surface area contributed by atoms with Gasteiger partial charge in [-0.25, -0.2) is 4.79 Å². The van der Waals surface area contributed by atoms with Gasteiger partial charge in [-0.05, 0) is 58.8 Å². The normalized spacial score (nSPS) is 28.5. The third-order valence-corrected chi connectivity index (χ3v) is 4.92. The van der Waals surface area contributed by atoms with Crippen molar-refractivity contribution in [3.05, 3.63) is 0 Å². The van der Waals surface area contributed by atoms with Crippen molar-refractivity contribution in [2.24, 2.45) is 5.92 Å². The van der Waals surface area contributed by atoms with Crippen molar-refractivity contribution in [3.63, 3.8) is 0 Å². The van der Waals surface area contributed by atoms with Gasteiger partial charge in [-0.3, -0.25) is 0 Å². The van der Waals surface area contributed by atoms with Gasteiger partial charge in [0.15, 0.2) is 0 Å². The summed E-state index contributed by atoms with van der Waals surface area (Å²) in [5.41, 5.74) is -0.400. The van der Waals surface area contributed by atoms with Crippen molar-refractivity contribution in [1.29, 1.82) is 0 Å². The first-order valence-corrected chi connectivity index (χ1v) is 8.60. The monoisotopic (exact) mass is 296 g/mol. The Labute approximate surface area is 129 Å². The summed E-state index contributed by atoms with van der Waals surface area (Å²) in [5.74, 6) is 0.594. The summed E-state index contributed by atoms with van der Waals surface area (Å²) in [6, 6.07) is 1.39. The molecule has 0 radical (unpaired) electrons. The molecule has 2 saturated heterocycles. The quantitative estimate of drug-likeness (QED) is 0.843. The van der Waals surface area contributed by atoms with Crippen molar-refractivity contribution in [1.82, 2.24) is 10.2 Å². The van der Waals surface area contributed by atoms with Gasteiger partial charge in [0.25, 0.3) is 0 Å². The minimum atomic E-state index is -0.400. The van der Waals surface area contributed by atoms with Gasteiger partial charge in [0, 0.05) is 24.7 Å². The second kappa shape index (κ2) is 6.55. The molecule has 1 N–H and O–H groups in total. The molecule has 3 unspecified atom stereocenters. The van der Waals surface area contributed by atoms with Crippen molar-refractivity contribution in [3.8, 4) is 0 Å². The van der Waals surface area contributed by atoms with E-state index in [1.165, 1.54) is 12.8 Å². The van der Waals surface area contributed by atoms with Crippen LogP contribution < -0.4 is 5.32 Å². The van der Waals surface area contributed by atoms with Gasteiger partial charge in [0.05, 0.1) is 0 Å². The fourth-order valence-electron chi connectivity index (χ4n) is 3.83. The molecule has 2 rings (SSSR count). The fraction of sp³-hybridized carbons (Fsp3) is 0.941. The molecule has 0 aromatic heterocycles. The van der Waals surface area contributed by atoms with E-state index in [1.54, 1.807) is 0 Å². The largest absolute Gasteiger partial charge is 0.444 e. The molecule has 3 atom stereocenters. The van der Waals surface area contributed by atoms with Gasteiger partial charge in [-0.1, -0.05) is 13.8 Å². The Bertz CT molecular complexity index is 360. The summed E-state index contributed by atoms with van der Waals surface area (Å²) in [6.45, 7) is 11.3. The number of fused-ring (bicyclic) bond motifs is 2. The number of carbonyl (C=O) groups is 1. The zero-order chi connectivity index (χ0) is 15.6. The van der Waals surface area contributed by atoms with Crippen LogP contribution in [-0.2, 0) is 4.74 Å². The van der Waals surface area contributed by atoms with Crippen LogP contribution in [0.15, 0.2) is 0 Å². The summed E-state index contributed by atoms with van der Waals surface area (Å²) in [5, 5.41) is 3.67. The molecule has 21 heavy (non-hydrogen) atoms. The van der Waals surface area contributed by atoms with Crippen LogP contribution in [0.5, 0.6) is 0 Å². The maximum atomic E-state index is 12.4. The minimum Gasteiger partial charge on any atom is -0.444 e. The Morgan fingerprint density at radius 3 is 2.52 bits per heavy atom. The molecule has 0 aromatic carbocycles. The van der Waals surface area contributed by atoms with E-state index in [0.717, 1.165) is 25.8 Å². The summed E-state index contributed by atoms with van der Waals surface area (Å²) in [4.78, 5) is 14.4. The molecule has 2 bridgehead atoms. The molecule has 4 heteroatoms. The Kier molecular flexibility index (Phi) is 5.18. The molecule has 0 saturated carbocycles. The van der Waals surface area contributed by atoms with Gasteiger partial charge in [0.2, 0.25) is 0 Å². The average Bonchev–Trinajstić information content (AvgIpc) is 2.95. The van der Waals surface area contributed by atoms with E-state index < -0.39 is 5.60 Å². The van der Waals surface area contributed by atoms with E-state index in [4.69, 9.17) is 4.74 Å². The van der Waals surface area contributed by atoms with E-state index in [2.05, 4.69) is 19.2 Å². The lowest BCUT2D eigenvalue weighted by molar-refractivity contribution is 0.0205. The third kappa shape index (κ3) is 3.91. The van der Waals surface area contributed by atoms with Gasteiger partial charge in [-0.2, -0.15) is 0 Å². The average molecular weight is 296 g/mol. The van der Waals surface area contributed by atoms with Gasteiger partial charge >= 0.3 is 6.09 Å². The summed E-state index contributed by atoms with van der Waals surface area (Å²) < 4.78 is 5.59. The molecule has 2 aliphatic heterocycles. The first kappa shape index (κ1) is 16.6. The smallest absolute Gasteiger partial charge is 0.410 e. The fourth-order valence-corrected chi connectivity index (χ4v) is 3.83. The van der Waals surface area contributed by atoms with Gasteiger partial charge in [0.1, 0.15) is 5.60 Å². The molecule has 2 heterocycles. The molecule has 2 aliphatic rings. The van der Waals surface area contributed by atoms with Gasteiger partial charge < -0.3 is 15.0 Å². The Morgan fingerprint density at radius 1 is 1.29 bits per heavy atom. The van der Waals surface area contributed by atoms with Crippen LogP contribution >= 0.6 is 0 Å². The van der Waals surface area contributed by atoms with Crippen molar-refractivity contribution < 1.29 is 9.53 Å². The van der Waals surface area contributed by atoms with Crippen LogP contribution in [0, 0.1) is 5.92 Å². The zero-order valence-corrected chi connectivity index (χ0v) is 14.3. The molecule has 1 amide bonds. The Hall–Kier alpha value is -0.770. The van der Waals surface area contributed by atoms with E-state index in [-0.39, 0.29) is 6.09 Å². The maximum Gasteiger partial charge on any atom is 0.410 e. The zero-order valence-electron chi connectivity index (χ0n) is 14.3. The second-order valence-corrected chi connectivity index (χ2v) is 7.60. The van der Waals surface area contributed by atoms with Crippen LogP contribution in [0.1, 0.15) is 66.7 Å². The third-order valence-electron chi connectivity index (χ3n) is 4.92. The summed E-state index contributed by atoms with van der Waals surface area (Å²) >= 11 is 0. The Balaban J connectivity index is 1.91. The number of ether oxygens (including phenoxy) is 1. The van der Waals surface area contributed by atoms with Crippen LogP contribution in [0.2, 0.25) is 0 Å². The number of nitrogens with zero attached hydrogens (tertiary/aromatic N) is 1. The number of nitrogens with one attached hydrogen (secondary N) is 1. The van der Waals surface area contributed by atoms with E-state index in [0.29, 0.717) is 24.0 Å². The second-order valence-electron chi connectivity index (χ2n) is 7.60. The number of hydrogen-bond donors (Lipinski definition) is 1. The lowest BCUT2D eigenvalue weighted by atomic mass is 9.89. The Morgan fingerprint density at radius 2 is 1.95 bits per heavy atom. The van der Waals surface area contributed by atoms with Crippen LogP contribution in [-0.4, -0.2) is 41.3 Å². The molecule has 0 aromatic rings. The highest BCUT2D eigenvalue weighted by Gasteiger charge is 2.49. The molecule has 0 spiro atoms. The van der Waals surface area contributed by atoms with Crippen molar-refractivity contribution >= 4 is 6.09 Å². The van der Waals surface area contributed by atoms with E-state index in [1.807, 2.05) is 25.7 Å². The molecular formula is C17H32N2O2. The molecular weight excluding hydrogens is 264 g/mol. The first-order chi connectivity index (χ1) is 9.85. The predicted molar refractivity (Wildman–Crippen MR) is 85.4 cm³/mol. The first-order valence-electron chi connectivity index (χ1n) is 8.60. The van der Waals surface area contributed by atoms with E-state index in [9.17, 15) is 4.79 Å². The van der Waals surface area contributed by atoms with Crippen molar-refractivity contribution in [2.45, 2.75) is 90.4 Å². The highest BCUT2D eigenvalue weighted by molar-refractivity contribution is 5.70. The van der Waals surface area contributed by atoms with Crippen molar-refractivity contribution in [2.75, 3.05) is 6.54 Å². The molecule has 2 fully saturated rings. The predicted octanol–water partition coefficient (Wildman–Crippen LogP) is 3.55. The number of amides is 1.